The van der Waals surface area contributed by atoms with E-state index in [1.165, 1.54) is 7.11 Å². The van der Waals surface area contributed by atoms with E-state index < -0.39 is 0 Å². The lowest BCUT2D eigenvalue weighted by Crippen LogP contribution is -2.01. The molecule has 21 heavy (non-hydrogen) atoms. The summed E-state index contributed by atoms with van der Waals surface area (Å²) in [6.07, 6.45) is 0. The molecule has 0 aromatic heterocycles. The minimum atomic E-state index is 0.458. The number of nitriles is 1. The smallest absolute Gasteiger partial charge is 0.136 e. The van der Waals surface area contributed by atoms with Crippen LogP contribution in [0.25, 0.3) is 0 Å². The van der Waals surface area contributed by atoms with Crippen molar-refractivity contribution in [1.29, 1.82) is 5.26 Å². The van der Waals surface area contributed by atoms with E-state index in [9.17, 15) is 0 Å². The zero-order valence-corrected chi connectivity index (χ0v) is 14.2. The minimum Gasteiger partial charge on any atom is -0.495 e. The van der Waals surface area contributed by atoms with Gasteiger partial charge in [-0.05, 0) is 45.8 Å². The molecule has 0 saturated carbocycles. The summed E-state index contributed by atoms with van der Waals surface area (Å²) in [6.45, 7) is 0.524. The van der Waals surface area contributed by atoms with Gasteiger partial charge in [0.2, 0.25) is 0 Å². The van der Waals surface area contributed by atoms with Gasteiger partial charge in [-0.3, -0.25) is 0 Å². The van der Waals surface area contributed by atoms with E-state index in [0.717, 1.165) is 15.7 Å². The van der Waals surface area contributed by atoms with Gasteiger partial charge in [-0.2, -0.15) is 5.26 Å². The van der Waals surface area contributed by atoms with Gasteiger partial charge in [0.05, 0.1) is 28.4 Å². The molecule has 2 rings (SSSR count). The maximum absolute atomic E-state index is 9.08. The van der Waals surface area contributed by atoms with Crippen LogP contribution in [0.15, 0.2) is 34.8 Å². The summed E-state index contributed by atoms with van der Waals surface area (Å²) in [5, 5.41) is 13.2. The first-order valence-electron chi connectivity index (χ1n) is 6.01. The number of rotatable bonds is 4. The molecule has 0 spiro atoms. The molecule has 0 radical (unpaired) electrons. The first-order chi connectivity index (χ1) is 10.1. The van der Waals surface area contributed by atoms with E-state index in [4.69, 9.17) is 33.2 Å². The Bertz CT molecular complexity index is 714. The van der Waals surface area contributed by atoms with Gasteiger partial charge in [-0.25, -0.2) is 0 Å². The molecule has 0 aliphatic carbocycles. The Balaban J connectivity index is 2.17. The summed E-state index contributed by atoms with van der Waals surface area (Å²) in [4.78, 5) is 0. The molecule has 0 amide bonds. The van der Waals surface area contributed by atoms with Crippen molar-refractivity contribution in [3.8, 4) is 11.8 Å². The number of nitrogens with zero attached hydrogens (tertiary/aromatic N) is 1. The van der Waals surface area contributed by atoms with Crippen molar-refractivity contribution in [2.45, 2.75) is 6.54 Å². The van der Waals surface area contributed by atoms with Crippen LogP contribution in [0.5, 0.6) is 5.75 Å². The summed E-state index contributed by atoms with van der Waals surface area (Å²) in [5.74, 6) is 0.561. The molecule has 2 aromatic rings. The van der Waals surface area contributed by atoms with Crippen molar-refractivity contribution in [3.63, 3.8) is 0 Å². The van der Waals surface area contributed by atoms with E-state index in [2.05, 4.69) is 27.3 Å². The van der Waals surface area contributed by atoms with Crippen LogP contribution < -0.4 is 10.1 Å². The van der Waals surface area contributed by atoms with E-state index in [1.807, 2.05) is 18.2 Å². The molecule has 0 atom stereocenters. The van der Waals surface area contributed by atoms with Crippen molar-refractivity contribution in [2.75, 3.05) is 12.4 Å². The SMILES string of the molecule is COc1ccc(CNc2ccc(Br)c(Cl)c2Cl)cc1C#N. The Labute approximate surface area is 141 Å². The molecule has 0 aliphatic rings. The van der Waals surface area contributed by atoms with Crippen LogP contribution in [-0.4, -0.2) is 7.11 Å². The lowest BCUT2D eigenvalue weighted by atomic mass is 10.1. The van der Waals surface area contributed by atoms with Crippen LogP contribution >= 0.6 is 39.1 Å². The molecule has 3 nitrogen and oxygen atoms in total. The maximum Gasteiger partial charge on any atom is 0.136 e. The number of methoxy groups -OCH3 is 1. The highest BCUT2D eigenvalue weighted by Crippen LogP contribution is 2.36. The van der Waals surface area contributed by atoms with Gasteiger partial charge in [0.15, 0.2) is 0 Å². The van der Waals surface area contributed by atoms with Gasteiger partial charge in [0.25, 0.3) is 0 Å². The monoisotopic (exact) mass is 384 g/mol. The Hall–Kier alpha value is -1.41. The molecule has 2 aromatic carbocycles. The molecule has 0 saturated heterocycles. The Morgan fingerprint density at radius 1 is 1.24 bits per heavy atom. The minimum absolute atomic E-state index is 0.458. The summed E-state index contributed by atoms with van der Waals surface area (Å²) in [7, 11) is 1.54. The third-order valence-electron chi connectivity index (χ3n) is 2.90. The standard InChI is InChI=1S/C15H11BrCl2N2O/c1-21-13-5-2-9(6-10(13)7-19)8-20-12-4-3-11(16)14(17)15(12)18/h2-6,20H,8H2,1H3. The van der Waals surface area contributed by atoms with Crippen molar-refractivity contribution < 1.29 is 4.74 Å². The largest absolute Gasteiger partial charge is 0.495 e. The van der Waals surface area contributed by atoms with E-state index in [0.29, 0.717) is 27.9 Å². The maximum atomic E-state index is 9.08. The zero-order chi connectivity index (χ0) is 15.4. The average Bonchev–Trinajstić information content (AvgIpc) is 2.51. The van der Waals surface area contributed by atoms with Crippen molar-refractivity contribution in [1.82, 2.24) is 0 Å². The number of hydrogen-bond acceptors (Lipinski definition) is 3. The fraction of sp³-hybridized carbons (Fsp3) is 0.133. The second kappa shape index (κ2) is 7.04. The number of nitrogens with one attached hydrogen (secondary N) is 1. The second-order valence-corrected chi connectivity index (χ2v) is 5.83. The normalized spacial score (nSPS) is 10.0. The third-order valence-corrected chi connectivity index (χ3v) is 4.67. The fourth-order valence-electron chi connectivity index (χ4n) is 1.81. The number of ether oxygens (including phenoxy) is 1. The highest BCUT2D eigenvalue weighted by molar-refractivity contribution is 9.10. The Morgan fingerprint density at radius 3 is 2.67 bits per heavy atom. The van der Waals surface area contributed by atoms with E-state index in [-0.39, 0.29) is 0 Å². The summed E-state index contributed by atoms with van der Waals surface area (Å²) < 4.78 is 5.86. The first kappa shape index (κ1) is 16.0. The summed E-state index contributed by atoms with van der Waals surface area (Å²) >= 11 is 15.6. The van der Waals surface area contributed by atoms with Gasteiger partial charge >= 0.3 is 0 Å². The molecule has 0 aliphatic heterocycles. The molecular weight excluding hydrogens is 375 g/mol. The van der Waals surface area contributed by atoms with Crippen molar-refractivity contribution in [2.24, 2.45) is 0 Å². The predicted octanol–water partition coefficient (Wildman–Crippen LogP) is 5.25. The Kier molecular flexibility index (Phi) is 5.35. The molecule has 108 valence electrons. The Morgan fingerprint density at radius 2 is 2.00 bits per heavy atom. The third kappa shape index (κ3) is 3.62. The molecule has 1 N–H and O–H groups in total. The molecule has 0 unspecified atom stereocenters. The van der Waals surface area contributed by atoms with Crippen molar-refractivity contribution in [3.05, 3.63) is 56.0 Å². The number of halogens is 3. The highest BCUT2D eigenvalue weighted by atomic mass is 79.9. The first-order valence-corrected chi connectivity index (χ1v) is 7.56. The van der Waals surface area contributed by atoms with Crippen LogP contribution in [0, 0.1) is 11.3 Å². The van der Waals surface area contributed by atoms with E-state index >= 15 is 0 Å². The fourth-order valence-corrected chi connectivity index (χ4v) is 2.65. The van der Waals surface area contributed by atoms with Crippen LogP contribution in [0.2, 0.25) is 10.0 Å². The van der Waals surface area contributed by atoms with Gasteiger partial charge in [0.1, 0.15) is 11.8 Å². The van der Waals surface area contributed by atoms with Crippen LogP contribution in [0.1, 0.15) is 11.1 Å². The van der Waals surface area contributed by atoms with Gasteiger partial charge in [-0.15, -0.1) is 0 Å². The highest BCUT2D eigenvalue weighted by Gasteiger charge is 2.09. The summed E-state index contributed by atoms with van der Waals surface area (Å²) in [6, 6.07) is 11.2. The lowest BCUT2D eigenvalue weighted by molar-refractivity contribution is 0.413. The lowest BCUT2D eigenvalue weighted by Gasteiger charge is -2.11. The van der Waals surface area contributed by atoms with Gasteiger partial charge in [0, 0.05) is 11.0 Å². The number of hydrogen-bond donors (Lipinski definition) is 1. The average molecular weight is 386 g/mol. The molecule has 0 bridgehead atoms. The zero-order valence-electron chi connectivity index (χ0n) is 11.1. The van der Waals surface area contributed by atoms with Crippen molar-refractivity contribution >= 4 is 44.8 Å². The molecule has 0 fully saturated rings. The van der Waals surface area contributed by atoms with Gasteiger partial charge < -0.3 is 10.1 Å². The summed E-state index contributed by atoms with van der Waals surface area (Å²) in [5.41, 5.74) is 2.18. The second-order valence-electron chi connectivity index (χ2n) is 4.22. The van der Waals surface area contributed by atoms with Crippen LogP contribution in [0.4, 0.5) is 5.69 Å². The predicted molar refractivity (Wildman–Crippen MR) is 89.2 cm³/mol. The number of anilines is 1. The molecule has 6 heteroatoms. The number of benzene rings is 2. The van der Waals surface area contributed by atoms with E-state index in [1.54, 1.807) is 12.1 Å². The molecular formula is C15H11BrCl2N2O. The van der Waals surface area contributed by atoms with Crippen LogP contribution in [0.3, 0.4) is 0 Å². The quantitative estimate of drug-likeness (QED) is 0.731. The van der Waals surface area contributed by atoms with Crippen LogP contribution in [-0.2, 0) is 6.54 Å². The van der Waals surface area contributed by atoms with Gasteiger partial charge in [-0.1, -0.05) is 29.3 Å². The molecule has 0 heterocycles. The topological polar surface area (TPSA) is 45.0 Å².